The number of carbonyl (C=O) groups is 1. The van der Waals surface area contributed by atoms with Crippen LogP contribution in [0, 0.1) is 19.7 Å². The van der Waals surface area contributed by atoms with Crippen LogP contribution in [0.25, 0.3) is 0 Å². The van der Waals surface area contributed by atoms with E-state index < -0.39 is 0 Å². The van der Waals surface area contributed by atoms with Gasteiger partial charge in [0.2, 0.25) is 0 Å². The van der Waals surface area contributed by atoms with Gasteiger partial charge in [-0.15, -0.1) is 0 Å². The Labute approximate surface area is 123 Å². The van der Waals surface area contributed by atoms with Gasteiger partial charge in [-0.2, -0.15) is 0 Å². The van der Waals surface area contributed by atoms with Gasteiger partial charge in [0.05, 0.1) is 19.8 Å². The average Bonchev–Trinajstić information content (AvgIpc) is 2.45. The molecular formula is C17H17FO3. The first-order valence-electron chi connectivity index (χ1n) is 6.51. The molecule has 0 N–H and O–H groups in total. The molecule has 0 spiro atoms. The fourth-order valence-corrected chi connectivity index (χ4v) is 2.40. The van der Waals surface area contributed by atoms with E-state index in [0.717, 1.165) is 0 Å². The van der Waals surface area contributed by atoms with Crippen LogP contribution in [0.1, 0.15) is 27.0 Å². The first-order chi connectivity index (χ1) is 9.97. The van der Waals surface area contributed by atoms with Crippen molar-refractivity contribution in [3.63, 3.8) is 0 Å². The van der Waals surface area contributed by atoms with Gasteiger partial charge < -0.3 is 9.47 Å². The number of halogens is 1. The number of hydrogen-bond acceptors (Lipinski definition) is 3. The highest BCUT2D eigenvalue weighted by molar-refractivity contribution is 6.12. The van der Waals surface area contributed by atoms with Gasteiger partial charge in [-0.3, -0.25) is 4.79 Å². The summed E-state index contributed by atoms with van der Waals surface area (Å²) >= 11 is 0. The Bertz CT molecular complexity index is 669. The van der Waals surface area contributed by atoms with Crippen molar-refractivity contribution >= 4 is 5.78 Å². The minimum Gasteiger partial charge on any atom is -0.497 e. The number of hydrogen-bond donors (Lipinski definition) is 0. The Morgan fingerprint density at radius 2 is 1.62 bits per heavy atom. The third-order valence-electron chi connectivity index (χ3n) is 3.38. The molecule has 0 amide bonds. The average molecular weight is 288 g/mol. The molecule has 0 radical (unpaired) electrons. The summed E-state index contributed by atoms with van der Waals surface area (Å²) in [5.41, 5.74) is 2.09. The summed E-state index contributed by atoms with van der Waals surface area (Å²) in [7, 11) is 3.04. The molecule has 0 bridgehead atoms. The molecule has 0 aromatic heterocycles. The summed E-state index contributed by atoms with van der Waals surface area (Å²) in [6.45, 7) is 3.44. The van der Waals surface area contributed by atoms with Crippen molar-refractivity contribution in [3.8, 4) is 11.5 Å². The standard InChI is InChI=1S/C17H17FO3/c1-10-7-12(18)8-11(2)16(10)17(19)14-9-13(20-3)5-6-15(14)21-4/h5-9H,1-4H3. The maximum absolute atomic E-state index is 13.4. The summed E-state index contributed by atoms with van der Waals surface area (Å²) in [4.78, 5) is 12.8. The molecule has 21 heavy (non-hydrogen) atoms. The quantitative estimate of drug-likeness (QED) is 0.805. The number of methoxy groups -OCH3 is 2. The summed E-state index contributed by atoms with van der Waals surface area (Å²) in [5, 5.41) is 0. The van der Waals surface area contributed by atoms with Crippen molar-refractivity contribution in [3.05, 3.63) is 58.4 Å². The van der Waals surface area contributed by atoms with Crippen molar-refractivity contribution in [2.24, 2.45) is 0 Å². The second-order valence-electron chi connectivity index (χ2n) is 4.81. The third-order valence-corrected chi connectivity index (χ3v) is 3.38. The monoisotopic (exact) mass is 288 g/mol. The Kier molecular flexibility index (Phi) is 4.26. The zero-order chi connectivity index (χ0) is 15.6. The van der Waals surface area contributed by atoms with Gasteiger partial charge in [0.15, 0.2) is 5.78 Å². The Hall–Kier alpha value is -2.36. The highest BCUT2D eigenvalue weighted by Gasteiger charge is 2.20. The van der Waals surface area contributed by atoms with E-state index in [9.17, 15) is 9.18 Å². The second kappa shape index (κ2) is 5.95. The summed E-state index contributed by atoms with van der Waals surface area (Å²) in [5.74, 6) is 0.473. The fraction of sp³-hybridized carbons (Fsp3) is 0.235. The van der Waals surface area contributed by atoms with Gasteiger partial charge >= 0.3 is 0 Å². The summed E-state index contributed by atoms with van der Waals surface area (Å²) in [6, 6.07) is 7.74. The largest absolute Gasteiger partial charge is 0.497 e. The van der Waals surface area contributed by atoms with E-state index in [0.29, 0.717) is 33.8 Å². The van der Waals surface area contributed by atoms with Gasteiger partial charge in [-0.25, -0.2) is 4.39 Å². The maximum Gasteiger partial charge on any atom is 0.197 e. The van der Waals surface area contributed by atoms with Crippen molar-refractivity contribution in [1.29, 1.82) is 0 Å². The molecule has 110 valence electrons. The first-order valence-corrected chi connectivity index (χ1v) is 6.51. The Morgan fingerprint density at radius 1 is 1.00 bits per heavy atom. The zero-order valence-corrected chi connectivity index (χ0v) is 12.5. The predicted molar refractivity (Wildman–Crippen MR) is 78.9 cm³/mol. The van der Waals surface area contributed by atoms with Crippen LogP contribution in [-0.4, -0.2) is 20.0 Å². The van der Waals surface area contributed by atoms with E-state index in [2.05, 4.69) is 0 Å². The van der Waals surface area contributed by atoms with Gasteiger partial charge in [0.25, 0.3) is 0 Å². The van der Waals surface area contributed by atoms with Gasteiger partial charge in [0.1, 0.15) is 17.3 Å². The number of ether oxygens (including phenoxy) is 2. The third kappa shape index (κ3) is 2.89. The van der Waals surface area contributed by atoms with Gasteiger partial charge in [-0.05, 0) is 55.3 Å². The highest BCUT2D eigenvalue weighted by atomic mass is 19.1. The topological polar surface area (TPSA) is 35.5 Å². The second-order valence-corrected chi connectivity index (χ2v) is 4.81. The van der Waals surface area contributed by atoms with Crippen LogP contribution >= 0.6 is 0 Å². The lowest BCUT2D eigenvalue weighted by Gasteiger charge is -2.13. The van der Waals surface area contributed by atoms with E-state index in [4.69, 9.17) is 9.47 Å². The van der Waals surface area contributed by atoms with Gasteiger partial charge in [-0.1, -0.05) is 0 Å². The maximum atomic E-state index is 13.4. The first kappa shape index (κ1) is 15.0. The number of rotatable bonds is 4. The normalized spacial score (nSPS) is 10.3. The van der Waals surface area contributed by atoms with Crippen LogP contribution < -0.4 is 9.47 Å². The molecule has 0 aliphatic carbocycles. The van der Waals surface area contributed by atoms with Crippen LogP contribution in [0.15, 0.2) is 30.3 Å². The van der Waals surface area contributed by atoms with Crippen molar-refractivity contribution in [1.82, 2.24) is 0 Å². The fourth-order valence-electron chi connectivity index (χ4n) is 2.40. The molecule has 2 aromatic rings. The molecule has 0 aliphatic rings. The van der Waals surface area contributed by atoms with Crippen LogP contribution in [-0.2, 0) is 0 Å². The smallest absolute Gasteiger partial charge is 0.197 e. The molecule has 0 aliphatic heterocycles. The molecule has 4 heteroatoms. The van der Waals surface area contributed by atoms with Crippen molar-refractivity contribution in [2.75, 3.05) is 14.2 Å². The van der Waals surface area contributed by atoms with E-state index in [1.807, 2.05) is 0 Å². The predicted octanol–water partition coefficient (Wildman–Crippen LogP) is 3.69. The molecule has 3 nitrogen and oxygen atoms in total. The van der Waals surface area contributed by atoms with E-state index in [1.165, 1.54) is 26.4 Å². The molecule has 0 unspecified atom stereocenters. The SMILES string of the molecule is COc1ccc(OC)c(C(=O)c2c(C)cc(F)cc2C)c1. The molecule has 0 heterocycles. The number of benzene rings is 2. The molecular weight excluding hydrogens is 271 g/mol. The molecule has 0 saturated heterocycles. The van der Waals surface area contributed by atoms with Crippen molar-refractivity contribution in [2.45, 2.75) is 13.8 Å². The van der Waals surface area contributed by atoms with E-state index >= 15 is 0 Å². The molecule has 2 rings (SSSR count). The van der Waals surface area contributed by atoms with Crippen LogP contribution in [0.5, 0.6) is 11.5 Å². The Morgan fingerprint density at radius 3 is 2.14 bits per heavy atom. The summed E-state index contributed by atoms with van der Waals surface area (Å²) in [6.07, 6.45) is 0. The number of ketones is 1. The highest BCUT2D eigenvalue weighted by Crippen LogP contribution is 2.28. The minimum absolute atomic E-state index is 0.208. The lowest BCUT2D eigenvalue weighted by atomic mass is 9.94. The number of aryl methyl sites for hydroxylation is 2. The lowest BCUT2D eigenvalue weighted by molar-refractivity contribution is 0.103. The molecule has 0 atom stereocenters. The van der Waals surface area contributed by atoms with Gasteiger partial charge in [0, 0.05) is 5.56 Å². The zero-order valence-electron chi connectivity index (χ0n) is 12.5. The van der Waals surface area contributed by atoms with Crippen LogP contribution in [0.2, 0.25) is 0 Å². The van der Waals surface area contributed by atoms with Crippen molar-refractivity contribution < 1.29 is 18.7 Å². The van der Waals surface area contributed by atoms with E-state index in [-0.39, 0.29) is 11.6 Å². The van der Waals surface area contributed by atoms with Crippen LogP contribution in [0.3, 0.4) is 0 Å². The molecule has 2 aromatic carbocycles. The summed E-state index contributed by atoms with van der Waals surface area (Å²) < 4.78 is 23.8. The minimum atomic E-state index is -0.348. The molecule has 0 fully saturated rings. The van der Waals surface area contributed by atoms with Crippen LogP contribution in [0.4, 0.5) is 4.39 Å². The molecule has 0 saturated carbocycles. The Balaban J connectivity index is 2.59. The number of carbonyl (C=O) groups excluding carboxylic acids is 1. The van der Waals surface area contributed by atoms with E-state index in [1.54, 1.807) is 32.0 Å². The lowest BCUT2D eigenvalue weighted by Crippen LogP contribution is -2.09.